The third kappa shape index (κ3) is 3.43. The fourth-order valence-corrected chi connectivity index (χ4v) is 3.15. The predicted molar refractivity (Wildman–Crippen MR) is 88.7 cm³/mol. The van der Waals surface area contributed by atoms with E-state index in [9.17, 15) is 0 Å². The van der Waals surface area contributed by atoms with Gasteiger partial charge in [0, 0.05) is 31.7 Å². The van der Waals surface area contributed by atoms with Crippen molar-refractivity contribution in [3.63, 3.8) is 0 Å². The number of halogens is 2. The number of hydrogen-bond donors (Lipinski definition) is 1. The molecule has 0 saturated carbocycles. The molecule has 0 unspecified atom stereocenters. The largest absolute Gasteiger partial charge is 0.309 e. The zero-order chi connectivity index (χ0) is 15.7. The van der Waals surface area contributed by atoms with Crippen molar-refractivity contribution in [3.05, 3.63) is 40.1 Å². The van der Waals surface area contributed by atoms with Crippen LogP contribution in [0.3, 0.4) is 0 Å². The predicted octanol–water partition coefficient (Wildman–Crippen LogP) is 2.76. The van der Waals surface area contributed by atoms with Crippen LogP contribution >= 0.6 is 23.2 Å². The highest BCUT2D eigenvalue weighted by Gasteiger charge is 2.26. The van der Waals surface area contributed by atoms with E-state index in [4.69, 9.17) is 23.2 Å². The molecule has 0 spiro atoms. The highest BCUT2D eigenvalue weighted by molar-refractivity contribution is 6.43. The zero-order valence-corrected chi connectivity index (χ0v) is 14.2. The van der Waals surface area contributed by atoms with E-state index in [0.717, 1.165) is 37.6 Å². The average Bonchev–Trinajstić information content (AvgIpc) is 2.89. The van der Waals surface area contributed by atoms with Gasteiger partial charge in [0.15, 0.2) is 0 Å². The Labute approximate surface area is 140 Å². The molecule has 1 aromatic heterocycles. The Hall–Kier alpha value is -1.14. The van der Waals surface area contributed by atoms with Gasteiger partial charge in [0.05, 0.1) is 27.6 Å². The topological polar surface area (TPSA) is 46.0 Å². The van der Waals surface area contributed by atoms with E-state index in [1.54, 1.807) is 10.7 Å². The minimum atomic E-state index is 0.129. The Morgan fingerprint density at radius 2 is 2.14 bits per heavy atom. The summed E-state index contributed by atoms with van der Waals surface area (Å²) in [7, 11) is 0. The van der Waals surface area contributed by atoms with Crippen LogP contribution in [0.25, 0.3) is 5.69 Å². The number of rotatable bonds is 3. The molecule has 0 atom stereocenters. The van der Waals surface area contributed by atoms with Crippen molar-refractivity contribution in [2.45, 2.75) is 25.9 Å². The number of nitrogens with one attached hydrogen (secondary N) is 1. The van der Waals surface area contributed by atoms with E-state index < -0.39 is 0 Å². The van der Waals surface area contributed by atoms with Gasteiger partial charge < -0.3 is 5.32 Å². The molecule has 22 heavy (non-hydrogen) atoms. The lowest BCUT2D eigenvalue weighted by Crippen LogP contribution is -2.56. The number of aromatic nitrogens is 3. The molecule has 118 valence electrons. The van der Waals surface area contributed by atoms with Gasteiger partial charge in [-0.05, 0) is 26.0 Å². The average molecular weight is 340 g/mol. The molecule has 1 aliphatic rings. The van der Waals surface area contributed by atoms with E-state index >= 15 is 0 Å². The van der Waals surface area contributed by atoms with E-state index in [0.29, 0.717) is 10.0 Å². The summed E-state index contributed by atoms with van der Waals surface area (Å²) in [6.45, 7) is 8.18. The summed E-state index contributed by atoms with van der Waals surface area (Å²) in [6, 6.07) is 5.48. The lowest BCUT2D eigenvalue weighted by Gasteiger charge is -2.38. The number of hydrogen-bond acceptors (Lipinski definition) is 4. The lowest BCUT2D eigenvalue weighted by atomic mass is 10.0. The van der Waals surface area contributed by atoms with Gasteiger partial charge in [-0.15, -0.1) is 5.10 Å². The van der Waals surface area contributed by atoms with Crippen LogP contribution in [-0.2, 0) is 6.54 Å². The van der Waals surface area contributed by atoms with Gasteiger partial charge >= 0.3 is 0 Å². The normalized spacial score (nSPS) is 18.5. The molecule has 1 saturated heterocycles. The number of piperazine rings is 1. The third-order valence-corrected chi connectivity index (χ3v) is 4.56. The SMILES string of the molecule is CC1(C)CN(Cc2cn(-c3cccc(Cl)c3Cl)nn2)CCN1. The summed E-state index contributed by atoms with van der Waals surface area (Å²) in [6.07, 6.45) is 1.91. The second-order valence-corrected chi connectivity index (χ2v) is 7.03. The van der Waals surface area contributed by atoms with E-state index in [1.807, 2.05) is 18.3 Å². The maximum Gasteiger partial charge on any atom is 0.0971 e. The molecule has 0 radical (unpaired) electrons. The maximum atomic E-state index is 6.23. The molecule has 2 aromatic rings. The summed E-state index contributed by atoms with van der Waals surface area (Å²) in [5, 5.41) is 12.9. The quantitative estimate of drug-likeness (QED) is 0.933. The maximum absolute atomic E-state index is 6.23. The molecule has 7 heteroatoms. The number of nitrogens with zero attached hydrogens (tertiary/aromatic N) is 4. The Morgan fingerprint density at radius 3 is 2.91 bits per heavy atom. The van der Waals surface area contributed by atoms with Gasteiger partial charge in [0.25, 0.3) is 0 Å². The van der Waals surface area contributed by atoms with Crippen molar-refractivity contribution in [3.8, 4) is 5.69 Å². The van der Waals surface area contributed by atoms with Gasteiger partial charge in [-0.2, -0.15) is 0 Å². The van der Waals surface area contributed by atoms with Crippen LogP contribution in [0, 0.1) is 0 Å². The molecular formula is C15H19Cl2N5. The summed E-state index contributed by atoms with van der Waals surface area (Å²) < 4.78 is 1.68. The van der Waals surface area contributed by atoms with Crippen molar-refractivity contribution in [1.82, 2.24) is 25.2 Å². The molecule has 0 aliphatic carbocycles. The van der Waals surface area contributed by atoms with Gasteiger partial charge in [-0.3, -0.25) is 4.90 Å². The Bertz CT molecular complexity index is 668. The fourth-order valence-electron chi connectivity index (χ4n) is 2.77. The molecule has 5 nitrogen and oxygen atoms in total. The lowest BCUT2D eigenvalue weighted by molar-refractivity contribution is 0.147. The van der Waals surface area contributed by atoms with Crippen LogP contribution in [0.2, 0.25) is 10.0 Å². The molecule has 1 aromatic carbocycles. The first kappa shape index (κ1) is 15.7. The third-order valence-electron chi connectivity index (χ3n) is 3.75. The molecule has 2 heterocycles. The van der Waals surface area contributed by atoms with Gasteiger partial charge in [0.1, 0.15) is 0 Å². The second kappa shape index (κ2) is 6.16. The first-order valence-corrected chi connectivity index (χ1v) is 8.03. The van der Waals surface area contributed by atoms with Crippen LogP contribution < -0.4 is 5.32 Å². The molecule has 3 rings (SSSR count). The Balaban J connectivity index is 1.75. The van der Waals surface area contributed by atoms with Crippen LogP contribution in [0.4, 0.5) is 0 Å². The van der Waals surface area contributed by atoms with Crippen LogP contribution in [0.5, 0.6) is 0 Å². The van der Waals surface area contributed by atoms with Crippen molar-refractivity contribution in [1.29, 1.82) is 0 Å². The smallest absolute Gasteiger partial charge is 0.0971 e. The van der Waals surface area contributed by atoms with Gasteiger partial charge in [-0.25, -0.2) is 4.68 Å². The first-order valence-electron chi connectivity index (χ1n) is 7.28. The van der Waals surface area contributed by atoms with Crippen molar-refractivity contribution >= 4 is 23.2 Å². The first-order chi connectivity index (χ1) is 10.4. The summed E-state index contributed by atoms with van der Waals surface area (Å²) in [4.78, 5) is 2.38. The summed E-state index contributed by atoms with van der Waals surface area (Å²) >= 11 is 12.3. The minimum absolute atomic E-state index is 0.129. The highest BCUT2D eigenvalue weighted by atomic mass is 35.5. The Morgan fingerprint density at radius 1 is 1.32 bits per heavy atom. The zero-order valence-electron chi connectivity index (χ0n) is 12.7. The summed E-state index contributed by atoms with van der Waals surface area (Å²) in [5.74, 6) is 0. The molecule has 0 amide bonds. The monoisotopic (exact) mass is 339 g/mol. The molecule has 0 bridgehead atoms. The van der Waals surface area contributed by atoms with Crippen molar-refractivity contribution < 1.29 is 0 Å². The molecular weight excluding hydrogens is 321 g/mol. The number of benzene rings is 1. The standard InChI is InChI=1S/C15H19Cl2N5/c1-15(2)10-21(7-6-18-15)8-11-9-22(20-19-11)13-5-3-4-12(16)14(13)17/h3-5,9,18H,6-8,10H2,1-2H3. The molecule has 1 aliphatic heterocycles. The molecule has 1 N–H and O–H groups in total. The Kier molecular flexibility index (Phi) is 4.41. The van der Waals surface area contributed by atoms with E-state index in [1.165, 1.54) is 0 Å². The van der Waals surface area contributed by atoms with Gasteiger partial charge in [-0.1, -0.05) is 34.5 Å². The molecule has 1 fully saturated rings. The van der Waals surface area contributed by atoms with Gasteiger partial charge in [0.2, 0.25) is 0 Å². The van der Waals surface area contributed by atoms with E-state index in [2.05, 4.69) is 34.4 Å². The fraction of sp³-hybridized carbons (Fsp3) is 0.467. The van der Waals surface area contributed by atoms with Crippen molar-refractivity contribution in [2.75, 3.05) is 19.6 Å². The second-order valence-electron chi connectivity index (χ2n) is 6.25. The highest BCUT2D eigenvalue weighted by Crippen LogP contribution is 2.28. The van der Waals surface area contributed by atoms with Crippen LogP contribution in [-0.4, -0.2) is 45.1 Å². The van der Waals surface area contributed by atoms with E-state index in [-0.39, 0.29) is 5.54 Å². The summed E-state index contributed by atoms with van der Waals surface area (Å²) in [5.41, 5.74) is 1.80. The van der Waals surface area contributed by atoms with Crippen LogP contribution in [0.15, 0.2) is 24.4 Å². The van der Waals surface area contributed by atoms with Crippen LogP contribution in [0.1, 0.15) is 19.5 Å². The van der Waals surface area contributed by atoms with Crippen molar-refractivity contribution in [2.24, 2.45) is 0 Å². The minimum Gasteiger partial charge on any atom is -0.309 e.